The highest BCUT2D eigenvalue weighted by molar-refractivity contribution is 6.28. The van der Waals surface area contributed by atoms with Crippen molar-refractivity contribution in [2.75, 3.05) is 19.0 Å². The summed E-state index contributed by atoms with van der Waals surface area (Å²) >= 11 is 5.89. The van der Waals surface area contributed by atoms with Crippen molar-refractivity contribution in [1.82, 2.24) is 15.0 Å². The molecule has 0 atom stereocenters. The number of hydrogen-bond acceptors (Lipinski definition) is 5. The van der Waals surface area contributed by atoms with Gasteiger partial charge in [-0.1, -0.05) is 19.9 Å². The first-order chi connectivity index (χ1) is 9.86. The monoisotopic (exact) mass is 306 g/mol. The summed E-state index contributed by atoms with van der Waals surface area (Å²) in [6.45, 7) is 6.39. The molecule has 0 amide bonds. The Balaban J connectivity index is 2.28. The lowest BCUT2D eigenvalue weighted by Crippen LogP contribution is -2.13. The molecular formula is C15H19ClN4O. The van der Waals surface area contributed by atoms with Crippen LogP contribution in [-0.4, -0.2) is 29.0 Å². The van der Waals surface area contributed by atoms with Gasteiger partial charge in [0.2, 0.25) is 11.2 Å². The number of aromatic nitrogens is 3. The molecule has 2 rings (SSSR count). The quantitative estimate of drug-likeness (QED) is 0.859. The van der Waals surface area contributed by atoms with Crippen LogP contribution in [0.2, 0.25) is 5.28 Å². The van der Waals surface area contributed by atoms with Gasteiger partial charge < -0.3 is 9.64 Å². The molecule has 5 nitrogen and oxygen atoms in total. The molecule has 1 aromatic heterocycles. The van der Waals surface area contributed by atoms with Gasteiger partial charge in [-0.25, -0.2) is 0 Å². The van der Waals surface area contributed by atoms with Gasteiger partial charge in [0.25, 0.3) is 0 Å². The second-order valence-electron chi connectivity index (χ2n) is 5.36. The van der Waals surface area contributed by atoms with E-state index in [-0.39, 0.29) is 11.3 Å². The summed E-state index contributed by atoms with van der Waals surface area (Å²) in [5.41, 5.74) is 2.47. The van der Waals surface area contributed by atoms with E-state index in [0.717, 1.165) is 0 Å². The second kappa shape index (κ2) is 6.26. The van der Waals surface area contributed by atoms with Crippen molar-refractivity contribution in [3.05, 3.63) is 34.6 Å². The third kappa shape index (κ3) is 3.82. The number of rotatable bonds is 4. The molecule has 0 aliphatic rings. The van der Waals surface area contributed by atoms with E-state index >= 15 is 0 Å². The highest BCUT2D eigenvalue weighted by Crippen LogP contribution is 2.26. The number of anilines is 1. The second-order valence-corrected chi connectivity index (χ2v) is 5.69. The lowest BCUT2D eigenvalue weighted by Gasteiger charge is -2.13. The Hall–Kier alpha value is -1.88. The lowest BCUT2D eigenvalue weighted by atomic mass is 9.98. The zero-order valence-corrected chi connectivity index (χ0v) is 13.6. The number of ether oxygens (including phenoxy) is 1. The van der Waals surface area contributed by atoms with Crippen molar-refractivity contribution in [3.8, 4) is 11.8 Å². The van der Waals surface area contributed by atoms with E-state index in [9.17, 15) is 0 Å². The highest BCUT2D eigenvalue weighted by atomic mass is 35.5. The van der Waals surface area contributed by atoms with E-state index in [1.165, 1.54) is 11.1 Å². The molecule has 0 aliphatic carbocycles. The first kappa shape index (κ1) is 15.5. The van der Waals surface area contributed by atoms with Crippen LogP contribution in [0.25, 0.3) is 0 Å². The molecule has 0 aliphatic heterocycles. The highest BCUT2D eigenvalue weighted by Gasteiger charge is 2.10. The predicted molar refractivity (Wildman–Crippen MR) is 84.5 cm³/mol. The Labute approximate surface area is 130 Å². The van der Waals surface area contributed by atoms with Crippen molar-refractivity contribution >= 4 is 17.5 Å². The van der Waals surface area contributed by atoms with Crippen LogP contribution in [0.1, 0.15) is 30.9 Å². The average Bonchev–Trinajstić information content (AvgIpc) is 2.37. The molecule has 2 aromatic rings. The van der Waals surface area contributed by atoms with Gasteiger partial charge in [-0.05, 0) is 47.7 Å². The summed E-state index contributed by atoms with van der Waals surface area (Å²) in [7, 11) is 3.66. The molecular weight excluding hydrogens is 288 g/mol. The molecule has 0 spiro atoms. The van der Waals surface area contributed by atoms with Gasteiger partial charge in [0, 0.05) is 14.1 Å². The topological polar surface area (TPSA) is 51.1 Å². The summed E-state index contributed by atoms with van der Waals surface area (Å²) in [5.74, 6) is 1.62. The molecule has 112 valence electrons. The lowest BCUT2D eigenvalue weighted by molar-refractivity contribution is 0.439. The summed E-state index contributed by atoms with van der Waals surface area (Å²) < 4.78 is 5.69. The first-order valence-electron chi connectivity index (χ1n) is 6.74. The minimum absolute atomic E-state index is 0.110. The fourth-order valence-corrected chi connectivity index (χ4v) is 2.18. The fraction of sp³-hybridized carbons (Fsp3) is 0.400. The van der Waals surface area contributed by atoms with Gasteiger partial charge in [0.15, 0.2) is 0 Å². The Morgan fingerprint density at radius 1 is 1.14 bits per heavy atom. The third-order valence-corrected chi connectivity index (χ3v) is 3.22. The maximum absolute atomic E-state index is 5.89. The maximum atomic E-state index is 5.89. The van der Waals surface area contributed by atoms with Gasteiger partial charge in [-0.2, -0.15) is 15.0 Å². The van der Waals surface area contributed by atoms with Crippen molar-refractivity contribution in [1.29, 1.82) is 0 Å². The molecule has 0 fully saturated rings. The minimum Gasteiger partial charge on any atom is -0.424 e. The van der Waals surface area contributed by atoms with Crippen LogP contribution in [0.3, 0.4) is 0 Å². The maximum Gasteiger partial charge on any atom is 0.328 e. The van der Waals surface area contributed by atoms with Crippen LogP contribution in [0.4, 0.5) is 5.95 Å². The van der Waals surface area contributed by atoms with Crippen LogP contribution in [0, 0.1) is 6.92 Å². The number of nitrogens with zero attached hydrogens (tertiary/aromatic N) is 4. The summed E-state index contributed by atoms with van der Waals surface area (Å²) in [4.78, 5) is 14.0. The Morgan fingerprint density at radius 3 is 2.43 bits per heavy atom. The number of hydrogen-bond donors (Lipinski definition) is 0. The zero-order valence-electron chi connectivity index (χ0n) is 12.9. The van der Waals surface area contributed by atoms with Gasteiger partial charge in [0.1, 0.15) is 5.75 Å². The van der Waals surface area contributed by atoms with Crippen LogP contribution < -0.4 is 9.64 Å². The summed E-state index contributed by atoms with van der Waals surface area (Å²) in [6.07, 6.45) is 0. The van der Waals surface area contributed by atoms with Crippen molar-refractivity contribution in [3.63, 3.8) is 0 Å². The zero-order chi connectivity index (χ0) is 15.6. The molecule has 0 saturated carbocycles. The minimum atomic E-state index is 0.110. The van der Waals surface area contributed by atoms with Crippen LogP contribution in [0.15, 0.2) is 18.2 Å². The molecule has 6 heteroatoms. The molecule has 1 heterocycles. The van der Waals surface area contributed by atoms with Gasteiger partial charge in [-0.3, -0.25) is 0 Å². The Bertz CT molecular complexity index is 644. The molecule has 0 radical (unpaired) electrons. The normalized spacial score (nSPS) is 10.8. The van der Waals surface area contributed by atoms with E-state index in [1.807, 2.05) is 26.2 Å². The van der Waals surface area contributed by atoms with Gasteiger partial charge in [0.05, 0.1) is 0 Å². The van der Waals surface area contributed by atoms with Crippen molar-refractivity contribution in [2.45, 2.75) is 26.7 Å². The average molecular weight is 307 g/mol. The van der Waals surface area contributed by atoms with Crippen LogP contribution in [-0.2, 0) is 0 Å². The molecule has 0 unspecified atom stereocenters. The largest absolute Gasteiger partial charge is 0.424 e. The number of halogens is 1. The first-order valence-corrected chi connectivity index (χ1v) is 7.12. The SMILES string of the molecule is Cc1cc(Oc2nc(Cl)nc(N(C)C)n2)ccc1C(C)C. The van der Waals surface area contributed by atoms with E-state index < -0.39 is 0 Å². The Kier molecular flexibility index (Phi) is 4.63. The molecule has 21 heavy (non-hydrogen) atoms. The van der Waals surface area contributed by atoms with Gasteiger partial charge >= 0.3 is 6.01 Å². The Morgan fingerprint density at radius 2 is 1.86 bits per heavy atom. The van der Waals surface area contributed by atoms with Gasteiger partial charge in [-0.15, -0.1) is 0 Å². The smallest absolute Gasteiger partial charge is 0.328 e. The summed E-state index contributed by atoms with van der Waals surface area (Å²) in [6, 6.07) is 6.14. The molecule has 0 N–H and O–H groups in total. The van der Waals surface area contributed by atoms with E-state index in [1.54, 1.807) is 4.90 Å². The van der Waals surface area contributed by atoms with Crippen molar-refractivity contribution in [2.24, 2.45) is 0 Å². The third-order valence-electron chi connectivity index (χ3n) is 3.05. The summed E-state index contributed by atoms with van der Waals surface area (Å²) in [5, 5.41) is 0.110. The standard InChI is InChI=1S/C15H19ClN4O/c1-9(2)12-7-6-11(8-10(12)3)21-15-18-13(16)17-14(19-15)20(4)5/h6-9H,1-5H3. The molecule has 1 aromatic carbocycles. The number of benzene rings is 1. The fourth-order valence-electron chi connectivity index (χ4n) is 2.03. The molecule has 0 saturated heterocycles. The predicted octanol–water partition coefficient (Wildman–Crippen LogP) is 3.82. The van der Waals surface area contributed by atoms with E-state index in [0.29, 0.717) is 17.6 Å². The van der Waals surface area contributed by atoms with Crippen LogP contribution >= 0.6 is 11.6 Å². The number of aryl methyl sites for hydroxylation is 1. The van der Waals surface area contributed by atoms with Crippen LogP contribution in [0.5, 0.6) is 11.8 Å². The van der Waals surface area contributed by atoms with E-state index in [4.69, 9.17) is 16.3 Å². The van der Waals surface area contributed by atoms with E-state index in [2.05, 4.69) is 41.8 Å². The molecule has 0 bridgehead atoms. The van der Waals surface area contributed by atoms with Crippen molar-refractivity contribution < 1.29 is 4.74 Å².